The number of hydrogen-bond acceptors (Lipinski definition) is 5. The first-order chi connectivity index (χ1) is 13.1. The van der Waals surface area contributed by atoms with Crippen LogP contribution >= 0.6 is 0 Å². The van der Waals surface area contributed by atoms with Gasteiger partial charge in [-0.15, -0.1) is 13.2 Å². The van der Waals surface area contributed by atoms with Gasteiger partial charge in [0, 0.05) is 11.8 Å². The number of alkyl carbamates (subject to hydrolysis) is 1. The lowest BCUT2D eigenvalue weighted by atomic mass is 10.3. The second-order valence-electron chi connectivity index (χ2n) is 5.30. The second-order valence-corrected chi connectivity index (χ2v) is 5.30. The summed E-state index contributed by atoms with van der Waals surface area (Å²) < 4.78 is 63.9. The molecule has 3 N–H and O–H groups in total. The third-order valence-electron chi connectivity index (χ3n) is 2.90. The molecule has 1 rings (SSSR count). The second kappa shape index (κ2) is 10.9. The molecule has 10 heteroatoms. The van der Waals surface area contributed by atoms with Crippen molar-refractivity contribution in [2.24, 2.45) is 5.73 Å². The number of nitrogens with two attached hydrogens (primary N) is 1. The van der Waals surface area contributed by atoms with Crippen LogP contribution < -0.4 is 20.5 Å². The topological polar surface area (TPSA) is 82.8 Å². The SMILES string of the molecule is C\C=C/C(=C\C=C\N)NC(=O)OC(C)COc1ccc(F)c(OC(F)(F)F)c1. The minimum absolute atomic E-state index is 0.0842. The Labute approximate surface area is 159 Å². The van der Waals surface area contributed by atoms with E-state index in [-0.39, 0.29) is 12.4 Å². The Kier molecular flexibility index (Phi) is 8.86. The van der Waals surface area contributed by atoms with E-state index in [9.17, 15) is 22.4 Å². The van der Waals surface area contributed by atoms with Gasteiger partial charge in [0.05, 0.1) is 0 Å². The highest BCUT2D eigenvalue weighted by Crippen LogP contribution is 2.29. The fourth-order valence-electron chi connectivity index (χ4n) is 1.83. The first-order valence-electron chi connectivity index (χ1n) is 8.01. The molecule has 0 aliphatic carbocycles. The maximum Gasteiger partial charge on any atom is 0.573 e. The average Bonchev–Trinajstić information content (AvgIpc) is 2.59. The van der Waals surface area contributed by atoms with Gasteiger partial charge in [-0.25, -0.2) is 9.18 Å². The van der Waals surface area contributed by atoms with Crippen LogP contribution in [-0.2, 0) is 4.74 Å². The number of carbonyl (C=O) groups excluding carboxylic acids is 1. The lowest BCUT2D eigenvalue weighted by Crippen LogP contribution is -2.29. The van der Waals surface area contributed by atoms with Crippen molar-refractivity contribution < 1.29 is 36.6 Å². The van der Waals surface area contributed by atoms with E-state index in [1.54, 1.807) is 25.2 Å². The van der Waals surface area contributed by atoms with Gasteiger partial charge >= 0.3 is 12.5 Å². The molecule has 0 aliphatic heterocycles. The molecule has 1 atom stereocenters. The summed E-state index contributed by atoms with van der Waals surface area (Å²) in [7, 11) is 0. The number of halogens is 4. The highest BCUT2D eigenvalue weighted by atomic mass is 19.4. The molecule has 0 aromatic heterocycles. The van der Waals surface area contributed by atoms with E-state index in [4.69, 9.17) is 15.2 Å². The number of nitrogens with one attached hydrogen (secondary N) is 1. The third-order valence-corrected chi connectivity index (χ3v) is 2.90. The molecule has 0 radical (unpaired) electrons. The van der Waals surface area contributed by atoms with E-state index < -0.39 is 30.1 Å². The number of allylic oxidation sites excluding steroid dienone is 4. The van der Waals surface area contributed by atoms with Crippen LogP contribution in [0.25, 0.3) is 0 Å². The van der Waals surface area contributed by atoms with E-state index in [0.717, 1.165) is 18.2 Å². The summed E-state index contributed by atoms with van der Waals surface area (Å²) in [5.41, 5.74) is 5.65. The number of amides is 1. The summed E-state index contributed by atoms with van der Waals surface area (Å²) in [5, 5.41) is 2.48. The highest BCUT2D eigenvalue weighted by Gasteiger charge is 2.32. The van der Waals surface area contributed by atoms with Gasteiger partial charge in [-0.3, -0.25) is 5.32 Å². The van der Waals surface area contributed by atoms with Gasteiger partial charge in [0.2, 0.25) is 0 Å². The van der Waals surface area contributed by atoms with Gasteiger partial charge in [-0.05, 0) is 50.4 Å². The molecule has 1 amide bonds. The number of rotatable bonds is 8. The summed E-state index contributed by atoms with van der Waals surface area (Å²) in [5.74, 6) is -2.30. The molecule has 0 spiro atoms. The zero-order valence-corrected chi connectivity index (χ0v) is 15.1. The largest absolute Gasteiger partial charge is 0.573 e. The summed E-state index contributed by atoms with van der Waals surface area (Å²) in [6.07, 6.45) is 1.08. The zero-order valence-electron chi connectivity index (χ0n) is 15.1. The van der Waals surface area contributed by atoms with Crippen LogP contribution in [0.2, 0.25) is 0 Å². The molecular formula is C18H20F4N2O4. The van der Waals surface area contributed by atoms with Crippen molar-refractivity contribution in [3.8, 4) is 11.5 Å². The van der Waals surface area contributed by atoms with Gasteiger partial charge < -0.3 is 19.9 Å². The van der Waals surface area contributed by atoms with Crippen LogP contribution in [0, 0.1) is 5.82 Å². The predicted molar refractivity (Wildman–Crippen MR) is 93.9 cm³/mol. The van der Waals surface area contributed by atoms with Gasteiger partial charge in [0.25, 0.3) is 0 Å². The summed E-state index contributed by atoms with van der Waals surface area (Å²) >= 11 is 0. The van der Waals surface area contributed by atoms with Crippen molar-refractivity contribution in [3.63, 3.8) is 0 Å². The molecule has 1 aromatic carbocycles. The van der Waals surface area contributed by atoms with Gasteiger partial charge in [-0.2, -0.15) is 0 Å². The maximum atomic E-state index is 13.4. The monoisotopic (exact) mass is 404 g/mol. The molecule has 0 bridgehead atoms. The Hall–Kier alpha value is -3.17. The highest BCUT2D eigenvalue weighted by molar-refractivity contribution is 5.70. The van der Waals surface area contributed by atoms with Crippen LogP contribution in [-0.4, -0.2) is 25.2 Å². The Balaban J connectivity index is 2.61. The summed E-state index contributed by atoms with van der Waals surface area (Å²) in [4.78, 5) is 11.9. The number of carbonyl (C=O) groups is 1. The van der Waals surface area contributed by atoms with Crippen molar-refractivity contribution in [1.82, 2.24) is 5.32 Å². The van der Waals surface area contributed by atoms with Gasteiger partial charge in [0.15, 0.2) is 11.6 Å². The lowest BCUT2D eigenvalue weighted by molar-refractivity contribution is -0.275. The number of ether oxygens (including phenoxy) is 3. The van der Waals surface area contributed by atoms with Crippen LogP contribution in [0.1, 0.15) is 13.8 Å². The van der Waals surface area contributed by atoms with Crippen LogP contribution in [0.4, 0.5) is 22.4 Å². The van der Waals surface area contributed by atoms with E-state index in [1.165, 1.54) is 19.2 Å². The van der Waals surface area contributed by atoms with E-state index in [1.807, 2.05) is 0 Å². The lowest BCUT2D eigenvalue weighted by Gasteiger charge is -2.16. The standard InChI is InChI=1S/C18H20F4N2O4/c1-3-5-13(6-4-9-23)24-17(25)27-12(2)11-26-14-7-8-15(19)16(10-14)28-18(20,21)22/h3-10,12H,11,23H2,1-2H3,(H,24,25)/b5-3-,9-4+,13-6+. The average molecular weight is 404 g/mol. The maximum absolute atomic E-state index is 13.4. The Bertz CT molecular complexity index is 746. The number of alkyl halides is 3. The van der Waals surface area contributed by atoms with Crippen LogP contribution in [0.3, 0.4) is 0 Å². The normalized spacial score (nSPS) is 13.6. The fraction of sp³-hybridized carbons (Fsp3) is 0.278. The minimum atomic E-state index is -5.04. The Morgan fingerprint density at radius 2 is 2.07 bits per heavy atom. The van der Waals surface area contributed by atoms with Gasteiger partial charge in [-0.1, -0.05) is 6.08 Å². The van der Waals surface area contributed by atoms with Crippen molar-refractivity contribution in [2.75, 3.05) is 6.61 Å². The minimum Gasteiger partial charge on any atom is -0.490 e. The quantitative estimate of drug-likeness (QED) is 0.502. The molecule has 0 saturated carbocycles. The molecular weight excluding hydrogens is 384 g/mol. The number of benzene rings is 1. The number of hydrogen-bond donors (Lipinski definition) is 2. The Morgan fingerprint density at radius 3 is 2.68 bits per heavy atom. The summed E-state index contributed by atoms with van der Waals surface area (Å²) in [6, 6.07) is 2.65. The van der Waals surface area contributed by atoms with Crippen LogP contribution in [0.5, 0.6) is 11.5 Å². The molecule has 28 heavy (non-hydrogen) atoms. The molecule has 0 aliphatic rings. The van der Waals surface area contributed by atoms with E-state index in [0.29, 0.717) is 5.70 Å². The smallest absolute Gasteiger partial charge is 0.490 e. The molecule has 6 nitrogen and oxygen atoms in total. The molecule has 1 aromatic rings. The van der Waals surface area contributed by atoms with Crippen LogP contribution in [0.15, 0.2) is 54.4 Å². The van der Waals surface area contributed by atoms with Gasteiger partial charge in [0.1, 0.15) is 18.5 Å². The molecule has 0 fully saturated rings. The third kappa shape index (κ3) is 8.97. The molecule has 0 heterocycles. The van der Waals surface area contributed by atoms with E-state index in [2.05, 4.69) is 10.1 Å². The predicted octanol–water partition coefficient (Wildman–Crippen LogP) is 4.15. The first-order valence-corrected chi connectivity index (χ1v) is 8.01. The Morgan fingerprint density at radius 1 is 1.36 bits per heavy atom. The zero-order chi connectivity index (χ0) is 21.2. The molecule has 0 saturated heterocycles. The molecule has 1 unspecified atom stereocenters. The summed E-state index contributed by atoms with van der Waals surface area (Å²) in [6.45, 7) is 3.08. The fourth-order valence-corrected chi connectivity index (χ4v) is 1.83. The van der Waals surface area contributed by atoms with Crippen molar-refractivity contribution in [2.45, 2.75) is 26.3 Å². The van der Waals surface area contributed by atoms with Crippen molar-refractivity contribution in [3.05, 3.63) is 60.2 Å². The van der Waals surface area contributed by atoms with Crippen molar-refractivity contribution in [1.29, 1.82) is 0 Å². The first kappa shape index (κ1) is 22.9. The van der Waals surface area contributed by atoms with Crippen molar-refractivity contribution >= 4 is 6.09 Å². The van der Waals surface area contributed by atoms with E-state index >= 15 is 0 Å². The molecule has 154 valence electrons.